The fourth-order valence-corrected chi connectivity index (χ4v) is 3.95. The first-order chi connectivity index (χ1) is 12.9. The van der Waals surface area contributed by atoms with Gasteiger partial charge < -0.3 is 10.1 Å². The van der Waals surface area contributed by atoms with E-state index in [1.165, 1.54) is 36.0 Å². The SMILES string of the molecule is COc1cc(C)c(C(=O)NC(C)c2ccc3c(c2)CCCC3)cc1C(C)C. The summed E-state index contributed by atoms with van der Waals surface area (Å²) in [6, 6.07) is 10.6. The first-order valence-corrected chi connectivity index (χ1v) is 10.0. The molecule has 1 aliphatic carbocycles. The lowest BCUT2D eigenvalue weighted by Crippen LogP contribution is -2.27. The third kappa shape index (κ3) is 4.18. The van der Waals surface area contributed by atoms with Crippen molar-refractivity contribution in [1.29, 1.82) is 0 Å². The number of carbonyl (C=O) groups is 1. The summed E-state index contributed by atoms with van der Waals surface area (Å²) in [7, 11) is 1.68. The summed E-state index contributed by atoms with van der Waals surface area (Å²) in [4.78, 5) is 13.0. The van der Waals surface area contributed by atoms with Crippen LogP contribution in [0.25, 0.3) is 0 Å². The van der Waals surface area contributed by atoms with Crippen LogP contribution in [0.4, 0.5) is 0 Å². The summed E-state index contributed by atoms with van der Waals surface area (Å²) in [5.74, 6) is 1.12. The van der Waals surface area contributed by atoms with Crippen LogP contribution in [0.5, 0.6) is 5.75 Å². The Balaban J connectivity index is 1.81. The van der Waals surface area contributed by atoms with Gasteiger partial charge in [-0.2, -0.15) is 0 Å². The first-order valence-electron chi connectivity index (χ1n) is 10.0. The second kappa shape index (κ2) is 8.16. The van der Waals surface area contributed by atoms with Gasteiger partial charge in [0, 0.05) is 5.56 Å². The molecule has 0 aliphatic heterocycles. The van der Waals surface area contributed by atoms with Crippen LogP contribution in [0.15, 0.2) is 30.3 Å². The second-order valence-electron chi connectivity index (χ2n) is 7.99. The van der Waals surface area contributed by atoms with Crippen molar-refractivity contribution in [1.82, 2.24) is 5.32 Å². The molecule has 0 bridgehead atoms. The van der Waals surface area contributed by atoms with Crippen molar-refractivity contribution in [3.8, 4) is 5.75 Å². The Kier molecular flexibility index (Phi) is 5.88. The fraction of sp³-hybridized carbons (Fsp3) is 0.458. The van der Waals surface area contributed by atoms with Gasteiger partial charge in [0.25, 0.3) is 5.91 Å². The summed E-state index contributed by atoms with van der Waals surface area (Å²) in [6.45, 7) is 8.25. The lowest BCUT2D eigenvalue weighted by molar-refractivity contribution is 0.0939. The molecule has 3 nitrogen and oxygen atoms in total. The number of ether oxygens (including phenoxy) is 1. The molecule has 27 heavy (non-hydrogen) atoms. The smallest absolute Gasteiger partial charge is 0.252 e. The zero-order valence-electron chi connectivity index (χ0n) is 17.2. The molecule has 1 aliphatic rings. The minimum atomic E-state index is -0.0257. The predicted octanol–water partition coefficient (Wildman–Crippen LogP) is 5.50. The third-order valence-electron chi connectivity index (χ3n) is 5.66. The minimum Gasteiger partial charge on any atom is -0.496 e. The minimum absolute atomic E-state index is 0.0197. The maximum absolute atomic E-state index is 13.0. The molecule has 2 aromatic rings. The Bertz CT molecular complexity index is 839. The van der Waals surface area contributed by atoms with E-state index >= 15 is 0 Å². The molecule has 0 saturated carbocycles. The average molecular weight is 366 g/mol. The van der Waals surface area contributed by atoms with Gasteiger partial charge in [0.05, 0.1) is 13.2 Å². The number of nitrogens with one attached hydrogen (secondary N) is 1. The molecule has 1 N–H and O–H groups in total. The van der Waals surface area contributed by atoms with Crippen LogP contribution in [0.1, 0.15) is 83.7 Å². The van der Waals surface area contributed by atoms with Crippen molar-refractivity contribution in [2.75, 3.05) is 7.11 Å². The van der Waals surface area contributed by atoms with Crippen molar-refractivity contribution in [2.45, 2.75) is 65.3 Å². The van der Waals surface area contributed by atoms with E-state index in [2.05, 4.69) is 44.3 Å². The molecule has 3 heteroatoms. The Labute approximate surface area is 163 Å². The van der Waals surface area contributed by atoms with E-state index in [1.807, 2.05) is 19.1 Å². The highest BCUT2D eigenvalue weighted by Crippen LogP contribution is 2.30. The molecule has 3 rings (SSSR count). The van der Waals surface area contributed by atoms with Gasteiger partial charge in [-0.25, -0.2) is 0 Å². The summed E-state index contributed by atoms with van der Waals surface area (Å²) in [6.07, 6.45) is 4.88. The maximum atomic E-state index is 13.0. The van der Waals surface area contributed by atoms with Crippen molar-refractivity contribution >= 4 is 5.91 Å². The maximum Gasteiger partial charge on any atom is 0.252 e. The van der Waals surface area contributed by atoms with Gasteiger partial charge in [-0.1, -0.05) is 32.0 Å². The summed E-state index contributed by atoms with van der Waals surface area (Å²) in [5, 5.41) is 3.18. The Hall–Kier alpha value is -2.29. The van der Waals surface area contributed by atoms with Crippen molar-refractivity contribution in [3.05, 3.63) is 63.7 Å². The number of hydrogen-bond acceptors (Lipinski definition) is 2. The molecule has 0 fully saturated rings. The molecule has 1 atom stereocenters. The van der Waals surface area contributed by atoms with Crippen LogP contribution in [0, 0.1) is 6.92 Å². The molecule has 144 valence electrons. The third-order valence-corrected chi connectivity index (χ3v) is 5.66. The van der Waals surface area contributed by atoms with Gasteiger partial charge >= 0.3 is 0 Å². The number of hydrogen-bond donors (Lipinski definition) is 1. The summed E-state index contributed by atoms with van der Waals surface area (Å²) < 4.78 is 5.49. The molecule has 0 aromatic heterocycles. The van der Waals surface area contributed by atoms with Gasteiger partial charge in [-0.15, -0.1) is 0 Å². The summed E-state index contributed by atoms with van der Waals surface area (Å²) in [5.41, 5.74) is 6.82. The zero-order valence-corrected chi connectivity index (χ0v) is 17.2. The van der Waals surface area contributed by atoms with Crippen molar-refractivity contribution in [3.63, 3.8) is 0 Å². The number of amides is 1. The van der Waals surface area contributed by atoms with Gasteiger partial charge in [0.15, 0.2) is 0 Å². The Morgan fingerprint density at radius 2 is 1.74 bits per heavy atom. The van der Waals surface area contributed by atoms with E-state index in [-0.39, 0.29) is 11.9 Å². The predicted molar refractivity (Wildman–Crippen MR) is 111 cm³/mol. The molecule has 0 heterocycles. The standard InChI is InChI=1S/C24H31NO2/c1-15(2)21-14-22(16(3)12-23(21)27-5)24(26)25-17(4)19-11-10-18-8-6-7-9-20(18)13-19/h10-15,17H,6-9H2,1-5H3,(H,25,26). The normalized spacial score (nSPS) is 14.6. The number of rotatable bonds is 5. The molecular weight excluding hydrogens is 334 g/mol. The molecule has 0 spiro atoms. The average Bonchev–Trinajstić information content (AvgIpc) is 2.66. The highest BCUT2D eigenvalue weighted by atomic mass is 16.5. The van der Waals surface area contributed by atoms with Crippen LogP contribution < -0.4 is 10.1 Å². The van der Waals surface area contributed by atoms with E-state index in [0.717, 1.165) is 28.9 Å². The highest BCUT2D eigenvalue weighted by molar-refractivity contribution is 5.96. The number of benzene rings is 2. The molecule has 0 saturated heterocycles. The Morgan fingerprint density at radius 1 is 1.04 bits per heavy atom. The monoisotopic (exact) mass is 365 g/mol. The molecule has 2 aromatic carbocycles. The van der Waals surface area contributed by atoms with Gasteiger partial charge in [0.2, 0.25) is 0 Å². The van der Waals surface area contributed by atoms with Gasteiger partial charge in [-0.3, -0.25) is 4.79 Å². The van der Waals surface area contributed by atoms with Crippen LogP contribution in [-0.4, -0.2) is 13.0 Å². The molecule has 1 unspecified atom stereocenters. The zero-order chi connectivity index (χ0) is 19.6. The van der Waals surface area contributed by atoms with Crippen LogP contribution >= 0.6 is 0 Å². The van der Waals surface area contributed by atoms with E-state index in [9.17, 15) is 4.79 Å². The number of carbonyl (C=O) groups excluding carboxylic acids is 1. The van der Waals surface area contributed by atoms with E-state index in [0.29, 0.717) is 5.92 Å². The molecular formula is C24H31NO2. The molecule has 0 radical (unpaired) electrons. The number of fused-ring (bicyclic) bond motifs is 1. The Morgan fingerprint density at radius 3 is 2.41 bits per heavy atom. The topological polar surface area (TPSA) is 38.3 Å². The van der Waals surface area contributed by atoms with E-state index in [4.69, 9.17) is 4.74 Å². The highest BCUT2D eigenvalue weighted by Gasteiger charge is 2.19. The summed E-state index contributed by atoms with van der Waals surface area (Å²) >= 11 is 0. The largest absolute Gasteiger partial charge is 0.496 e. The van der Waals surface area contributed by atoms with Crippen molar-refractivity contribution < 1.29 is 9.53 Å². The molecule has 1 amide bonds. The quantitative estimate of drug-likeness (QED) is 0.760. The fourth-order valence-electron chi connectivity index (χ4n) is 3.95. The van der Waals surface area contributed by atoms with Crippen LogP contribution in [-0.2, 0) is 12.8 Å². The van der Waals surface area contributed by atoms with Gasteiger partial charge in [-0.05, 0) is 85.4 Å². The lowest BCUT2D eigenvalue weighted by Gasteiger charge is -2.21. The van der Waals surface area contributed by atoms with E-state index in [1.54, 1.807) is 7.11 Å². The van der Waals surface area contributed by atoms with E-state index < -0.39 is 0 Å². The lowest BCUT2D eigenvalue weighted by atomic mass is 9.89. The first kappa shape index (κ1) is 19.5. The van der Waals surface area contributed by atoms with Gasteiger partial charge in [0.1, 0.15) is 5.75 Å². The number of aryl methyl sites for hydroxylation is 3. The number of methoxy groups -OCH3 is 1. The van der Waals surface area contributed by atoms with Crippen molar-refractivity contribution in [2.24, 2.45) is 0 Å². The van der Waals surface area contributed by atoms with Crippen LogP contribution in [0.2, 0.25) is 0 Å². The van der Waals surface area contributed by atoms with Crippen LogP contribution in [0.3, 0.4) is 0 Å². The second-order valence-corrected chi connectivity index (χ2v) is 7.99.